The third-order valence-electron chi connectivity index (χ3n) is 2.49. The molecule has 1 aromatic rings. The minimum atomic E-state index is 0.103. The molecule has 1 aromatic carbocycles. The summed E-state index contributed by atoms with van der Waals surface area (Å²) in [4.78, 5) is 0. The van der Waals surface area contributed by atoms with E-state index in [9.17, 15) is 0 Å². The fraction of sp³-hybridized carbons (Fsp3) is 0.500. The lowest BCUT2D eigenvalue weighted by Crippen LogP contribution is -2.40. The topological polar surface area (TPSA) is 42.5 Å². The molecule has 0 aliphatic carbocycles. The summed E-state index contributed by atoms with van der Waals surface area (Å²) in [7, 11) is 1.94. The second-order valence-corrected chi connectivity index (χ2v) is 3.81. The molecule has 0 radical (unpaired) electrons. The molecule has 0 aromatic heterocycles. The third kappa shape index (κ3) is 2.87. The summed E-state index contributed by atoms with van der Waals surface area (Å²) < 4.78 is 11.4. The van der Waals surface area contributed by atoms with Gasteiger partial charge in [-0.15, -0.1) is 0 Å². The van der Waals surface area contributed by atoms with E-state index in [0.29, 0.717) is 6.61 Å². The molecule has 4 heteroatoms. The van der Waals surface area contributed by atoms with Crippen molar-refractivity contribution >= 4 is 0 Å². The zero-order valence-electron chi connectivity index (χ0n) is 9.53. The quantitative estimate of drug-likeness (QED) is 0.717. The first kappa shape index (κ1) is 11.2. The van der Waals surface area contributed by atoms with Gasteiger partial charge < -0.3 is 20.1 Å². The summed E-state index contributed by atoms with van der Waals surface area (Å²) in [5.41, 5.74) is 0. The highest BCUT2D eigenvalue weighted by Crippen LogP contribution is 2.30. The predicted molar refractivity (Wildman–Crippen MR) is 63.1 cm³/mol. The number of nitrogens with one attached hydrogen (secondary N) is 2. The van der Waals surface area contributed by atoms with E-state index in [1.165, 1.54) is 0 Å². The van der Waals surface area contributed by atoms with Crippen molar-refractivity contribution in [3.63, 3.8) is 0 Å². The van der Waals surface area contributed by atoms with E-state index in [2.05, 4.69) is 10.6 Å². The molecule has 0 amide bonds. The molecule has 2 rings (SSSR count). The van der Waals surface area contributed by atoms with Crippen LogP contribution in [0.2, 0.25) is 0 Å². The van der Waals surface area contributed by atoms with Gasteiger partial charge in [-0.1, -0.05) is 12.1 Å². The smallest absolute Gasteiger partial charge is 0.161 e. The van der Waals surface area contributed by atoms with E-state index >= 15 is 0 Å². The van der Waals surface area contributed by atoms with Crippen molar-refractivity contribution in [1.29, 1.82) is 0 Å². The number of para-hydroxylation sites is 2. The highest BCUT2D eigenvalue weighted by molar-refractivity contribution is 5.40. The van der Waals surface area contributed by atoms with Crippen molar-refractivity contribution in [2.24, 2.45) is 0 Å². The summed E-state index contributed by atoms with van der Waals surface area (Å²) in [6.07, 6.45) is 0.103. The Morgan fingerprint density at radius 3 is 2.88 bits per heavy atom. The molecule has 0 fully saturated rings. The molecule has 1 aliphatic rings. The number of ether oxygens (including phenoxy) is 2. The molecule has 1 unspecified atom stereocenters. The van der Waals surface area contributed by atoms with Crippen LogP contribution in [0.25, 0.3) is 0 Å². The van der Waals surface area contributed by atoms with Gasteiger partial charge in [-0.05, 0) is 19.2 Å². The van der Waals surface area contributed by atoms with Gasteiger partial charge >= 0.3 is 0 Å². The number of hydrogen-bond donors (Lipinski definition) is 2. The molecule has 0 saturated carbocycles. The summed E-state index contributed by atoms with van der Waals surface area (Å²) in [6.45, 7) is 3.34. The van der Waals surface area contributed by atoms with Crippen LogP contribution in [0.15, 0.2) is 24.3 Å². The molecular weight excluding hydrogens is 204 g/mol. The van der Waals surface area contributed by atoms with Crippen molar-refractivity contribution < 1.29 is 9.47 Å². The van der Waals surface area contributed by atoms with E-state index in [4.69, 9.17) is 9.47 Å². The largest absolute Gasteiger partial charge is 0.486 e. The molecule has 2 N–H and O–H groups in total. The van der Waals surface area contributed by atoms with Crippen LogP contribution in [0.4, 0.5) is 0 Å². The lowest BCUT2D eigenvalue weighted by molar-refractivity contribution is 0.0906. The molecule has 16 heavy (non-hydrogen) atoms. The molecule has 0 saturated heterocycles. The van der Waals surface area contributed by atoms with Crippen LogP contribution in [0, 0.1) is 0 Å². The zero-order valence-corrected chi connectivity index (χ0v) is 9.53. The van der Waals surface area contributed by atoms with Crippen LogP contribution in [0.1, 0.15) is 0 Å². The molecule has 1 heterocycles. The van der Waals surface area contributed by atoms with Gasteiger partial charge in [-0.25, -0.2) is 0 Å². The number of hydrogen-bond acceptors (Lipinski definition) is 4. The van der Waals surface area contributed by atoms with E-state index in [1.807, 2.05) is 31.3 Å². The van der Waals surface area contributed by atoms with E-state index in [-0.39, 0.29) is 6.10 Å². The highest BCUT2D eigenvalue weighted by atomic mass is 16.6. The Morgan fingerprint density at radius 2 is 2.06 bits per heavy atom. The van der Waals surface area contributed by atoms with Crippen molar-refractivity contribution in [3.05, 3.63) is 24.3 Å². The maximum Gasteiger partial charge on any atom is 0.161 e. The van der Waals surface area contributed by atoms with Gasteiger partial charge in [-0.3, -0.25) is 0 Å². The molecule has 88 valence electrons. The van der Waals surface area contributed by atoms with Crippen LogP contribution in [0.3, 0.4) is 0 Å². The Hall–Kier alpha value is -1.26. The first-order chi connectivity index (χ1) is 7.90. The van der Waals surface area contributed by atoms with E-state index < -0.39 is 0 Å². The lowest BCUT2D eigenvalue weighted by atomic mass is 10.2. The second kappa shape index (κ2) is 5.72. The van der Waals surface area contributed by atoms with Crippen LogP contribution in [-0.2, 0) is 0 Å². The van der Waals surface area contributed by atoms with E-state index in [0.717, 1.165) is 31.1 Å². The van der Waals surface area contributed by atoms with Gasteiger partial charge in [0.25, 0.3) is 0 Å². The first-order valence-corrected chi connectivity index (χ1v) is 5.64. The second-order valence-electron chi connectivity index (χ2n) is 3.81. The maximum atomic E-state index is 5.80. The minimum Gasteiger partial charge on any atom is -0.486 e. The summed E-state index contributed by atoms with van der Waals surface area (Å²) in [6, 6.07) is 7.78. The van der Waals surface area contributed by atoms with Crippen LogP contribution in [-0.4, -0.2) is 39.4 Å². The number of benzene rings is 1. The van der Waals surface area contributed by atoms with Gasteiger partial charge in [0.15, 0.2) is 11.5 Å². The molecule has 0 bridgehead atoms. The summed E-state index contributed by atoms with van der Waals surface area (Å²) >= 11 is 0. The predicted octanol–water partition coefficient (Wildman–Crippen LogP) is 0.635. The van der Waals surface area contributed by atoms with Crippen LogP contribution >= 0.6 is 0 Å². The number of rotatable bonds is 5. The number of fused-ring (bicyclic) bond motifs is 1. The third-order valence-corrected chi connectivity index (χ3v) is 2.49. The Balaban J connectivity index is 1.79. The molecule has 1 aliphatic heterocycles. The van der Waals surface area contributed by atoms with Gasteiger partial charge in [0.2, 0.25) is 0 Å². The summed E-state index contributed by atoms with van der Waals surface area (Å²) in [5, 5.41) is 6.41. The van der Waals surface area contributed by atoms with Crippen molar-refractivity contribution in [3.8, 4) is 11.5 Å². The SMILES string of the molecule is CNCCNCC1COc2ccccc2O1. The Labute approximate surface area is 95.9 Å². The van der Waals surface area contributed by atoms with Crippen molar-refractivity contribution in [2.75, 3.05) is 33.3 Å². The molecule has 4 nitrogen and oxygen atoms in total. The molecular formula is C12H18N2O2. The molecule has 1 atom stereocenters. The lowest BCUT2D eigenvalue weighted by Gasteiger charge is -2.26. The average Bonchev–Trinajstić information content (AvgIpc) is 2.34. The monoisotopic (exact) mass is 222 g/mol. The number of likely N-dealkylation sites (N-methyl/N-ethyl adjacent to an activating group) is 1. The van der Waals surface area contributed by atoms with E-state index in [1.54, 1.807) is 0 Å². The first-order valence-electron chi connectivity index (χ1n) is 5.64. The summed E-state index contributed by atoms with van der Waals surface area (Å²) in [5.74, 6) is 1.68. The fourth-order valence-electron chi connectivity index (χ4n) is 1.64. The van der Waals surface area contributed by atoms with Crippen molar-refractivity contribution in [2.45, 2.75) is 6.10 Å². The Bertz CT molecular complexity index is 331. The van der Waals surface area contributed by atoms with Gasteiger partial charge in [0, 0.05) is 19.6 Å². The maximum absolute atomic E-state index is 5.80. The average molecular weight is 222 g/mol. The minimum absolute atomic E-state index is 0.103. The standard InChI is InChI=1S/C12H18N2O2/c1-13-6-7-14-8-10-9-15-11-4-2-3-5-12(11)16-10/h2-5,10,13-14H,6-9H2,1H3. The molecule has 0 spiro atoms. The van der Waals surface area contributed by atoms with Crippen molar-refractivity contribution in [1.82, 2.24) is 10.6 Å². The van der Waals surface area contributed by atoms with Crippen LogP contribution in [0.5, 0.6) is 11.5 Å². The van der Waals surface area contributed by atoms with Gasteiger partial charge in [0.1, 0.15) is 12.7 Å². The van der Waals surface area contributed by atoms with Gasteiger partial charge in [-0.2, -0.15) is 0 Å². The highest BCUT2D eigenvalue weighted by Gasteiger charge is 2.19. The Kier molecular flexibility index (Phi) is 4.02. The van der Waals surface area contributed by atoms with Gasteiger partial charge in [0.05, 0.1) is 0 Å². The zero-order chi connectivity index (χ0) is 11.2. The Morgan fingerprint density at radius 1 is 1.25 bits per heavy atom. The fourth-order valence-corrected chi connectivity index (χ4v) is 1.64. The normalized spacial score (nSPS) is 18.4. The van der Waals surface area contributed by atoms with Crippen LogP contribution < -0.4 is 20.1 Å².